The summed E-state index contributed by atoms with van der Waals surface area (Å²) >= 11 is 0. The van der Waals surface area contributed by atoms with Crippen molar-refractivity contribution >= 4 is 0 Å². The molecule has 1 fully saturated rings. The van der Waals surface area contributed by atoms with Gasteiger partial charge in [0.2, 0.25) is 0 Å². The fourth-order valence-electron chi connectivity index (χ4n) is 2.59. The van der Waals surface area contributed by atoms with Gasteiger partial charge < -0.3 is 15.9 Å². The second-order valence-corrected chi connectivity index (χ2v) is 5.27. The van der Waals surface area contributed by atoms with Crippen molar-refractivity contribution in [3.8, 4) is 0 Å². The van der Waals surface area contributed by atoms with E-state index in [1.165, 1.54) is 32.1 Å². The predicted molar refractivity (Wildman–Crippen MR) is 66.1 cm³/mol. The van der Waals surface area contributed by atoms with E-state index in [0.717, 1.165) is 6.42 Å². The van der Waals surface area contributed by atoms with Crippen LogP contribution in [0.3, 0.4) is 0 Å². The Hall–Kier alpha value is -0.120. The molecule has 3 atom stereocenters. The van der Waals surface area contributed by atoms with Crippen LogP contribution >= 0.6 is 0 Å². The van der Waals surface area contributed by atoms with Gasteiger partial charge in [0.05, 0.1) is 12.2 Å². The van der Waals surface area contributed by atoms with E-state index in [1.807, 2.05) is 6.92 Å². The maximum absolute atomic E-state index is 9.86. The third-order valence-electron chi connectivity index (χ3n) is 3.81. The number of rotatable bonds is 6. The van der Waals surface area contributed by atoms with Gasteiger partial charge in [-0.15, -0.1) is 0 Å². The standard InChI is InChI=1S/C13H27NO2/c1-2-11(15)9-13(16)12(14)8-10-6-4-3-5-7-10/h10-13,15-16H,2-9,14H2,1H3/t11?,12-,13?/m0/s1. The molecule has 16 heavy (non-hydrogen) atoms. The minimum Gasteiger partial charge on any atom is -0.393 e. The molecular formula is C13H27NO2. The number of hydrogen-bond acceptors (Lipinski definition) is 3. The Labute approximate surface area is 99.0 Å². The highest BCUT2D eigenvalue weighted by molar-refractivity contribution is 4.79. The highest BCUT2D eigenvalue weighted by Gasteiger charge is 2.22. The first-order valence-corrected chi connectivity index (χ1v) is 6.75. The predicted octanol–water partition coefficient (Wildman–Crippen LogP) is 1.81. The van der Waals surface area contributed by atoms with Crippen molar-refractivity contribution in [2.75, 3.05) is 0 Å². The van der Waals surface area contributed by atoms with Gasteiger partial charge in [0.1, 0.15) is 0 Å². The molecule has 0 radical (unpaired) electrons. The average Bonchev–Trinajstić information content (AvgIpc) is 2.30. The molecule has 1 aliphatic rings. The van der Waals surface area contributed by atoms with E-state index in [0.29, 0.717) is 18.8 Å². The number of nitrogens with two attached hydrogens (primary N) is 1. The van der Waals surface area contributed by atoms with Gasteiger partial charge in [0.15, 0.2) is 0 Å². The summed E-state index contributed by atoms with van der Waals surface area (Å²) in [6.07, 6.45) is 7.56. The second-order valence-electron chi connectivity index (χ2n) is 5.27. The van der Waals surface area contributed by atoms with Crippen LogP contribution in [0.4, 0.5) is 0 Å². The SMILES string of the molecule is CCC(O)CC(O)[C@@H](N)CC1CCCCC1. The Kier molecular flexibility index (Phi) is 6.32. The number of aliphatic hydroxyl groups excluding tert-OH is 2. The molecule has 4 N–H and O–H groups in total. The van der Waals surface area contributed by atoms with Crippen molar-refractivity contribution < 1.29 is 10.2 Å². The Morgan fingerprint density at radius 1 is 1.19 bits per heavy atom. The zero-order valence-electron chi connectivity index (χ0n) is 10.4. The van der Waals surface area contributed by atoms with E-state index in [9.17, 15) is 10.2 Å². The van der Waals surface area contributed by atoms with Gasteiger partial charge in [-0.3, -0.25) is 0 Å². The third kappa shape index (κ3) is 4.81. The number of hydrogen-bond donors (Lipinski definition) is 3. The van der Waals surface area contributed by atoms with Gasteiger partial charge in [-0.2, -0.15) is 0 Å². The lowest BCUT2D eigenvalue weighted by molar-refractivity contribution is 0.0563. The van der Waals surface area contributed by atoms with Crippen LogP contribution in [0.25, 0.3) is 0 Å². The maximum Gasteiger partial charge on any atom is 0.0715 e. The molecule has 0 bridgehead atoms. The first-order chi connectivity index (χ1) is 7.63. The molecule has 0 spiro atoms. The van der Waals surface area contributed by atoms with Crippen LogP contribution in [0.15, 0.2) is 0 Å². The normalized spacial score (nSPS) is 24.0. The molecule has 0 aromatic carbocycles. The molecule has 0 aromatic heterocycles. The highest BCUT2D eigenvalue weighted by Crippen LogP contribution is 2.27. The van der Waals surface area contributed by atoms with E-state index in [-0.39, 0.29) is 6.04 Å². The van der Waals surface area contributed by atoms with Crippen LogP contribution in [0.5, 0.6) is 0 Å². The van der Waals surface area contributed by atoms with Gasteiger partial charge in [0, 0.05) is 12.5 Å². The summed E-state index contributed by atoms with van der Waals surface area (Å²) in [5, 5.41) is 19.3. The Balaban J connectivity index is 2.24. The average molecular weight is 229 g/mol. The van der Waals surface area contributed by atoms with Crippen LogP contribution in [-0.2, 0) is 0 Å². The Morgan fingerprint density at radius 3 is 2.38 bits per heavy atom. The molecule has 1 saturated carbocycles. The molecule has 96 valence electrons. The lowest BCUT2D eigenvalue weighted by Crippen LogP contribution is -2.38. The van der Waals surface area contributed by atoms with Crippen LogP contribution < -0.4 is 5.73 Å². The van der Waals surface area contributed by atoms with E-state index in [4.69, 9.17) is 5.73 Å². The van der Waals surface area contributed by atoms with Gasteiger partial charge in [-0.1, -0.05) is 39.0 Å². The highest BCUT2D eigenvalue weighted by atomic mass is 16.3. The zero-order chi connectivity index (χ0) is 12.0. The largest absolute Gasteiger partial charge is 0.393 e. The van der Waals surface area contributed by atoms with Gasteiger partial charge in [-0.05, 0) is 18.8 Å². The minimum atomic E-state index is -0.545. The van der Waals surface area contributed by atoms with Crippen LogP contribution in [0.2, 0.25) is 0 Å². The molecule has 2 unspecified atom stereocenters. The van der Waals surface area contributed by atoms with Crippen LogP contribution in [0.1, 0.15) is 58.3 Å². The lowest BCUT2D eigenvalue weighted by Gasteiger charge is -2.27. The van der Waals surface area contributed by atoms with E-state index < -0.39 is 12.2 Å². The topological polar surface area (TPSA) is 66.5 Å². The van der Waals surface area contributed by atoms with Crippen molar-refractivity contribution in [1.82, 2.24) is 0 Å². The molecule has 0 heterocycles. The van der Waals surface area contributed by atoms with E-state index in [1.54, 1.807) is 0 Å². The molecule has 0 saturated heterocycles. The fourth-order valence-corrected chi connectivity index (χ4v) is 2.59. The molecule has 1 aliphatic carbocycles. The van der Waals surface area contributed by atoms with E-state index >= 15 is 0 Å². The molecule has 1 rings (SSSR count). The molecular weight excluding hydrogens is 202 g/mol. The van der Waals surface area contributed by atoms with Gasteiger partial charge >= 0.3 is 0 Å². The van der Waals surface area contributed by atoms with Crippen LogP contribution in [0, 0.1) is 5.92 Å². The minimum absolute atomic E-state index is 0.163. The van der Waals surface area contributed by atoms with Crippen molar-refractivity contribution in [1.29, 1.82) is 0 Å². The number of aliphatic hydroxyl groups is 2. The molecule has 3 nitrogen and oxygen atoms in total. The molecule has 0 aliphatic heterocycles. The summed E-state index contributed by atoms with van der Waals surface area (Å²) in [6.45, 7) is 1.92. The summed E-state index contributed by atoms with van der Waals surface area (Å²) in [4.78, 5) is 0. The molecule has 3 heteroatoms. The molecule has 0 aromatic rings. The second kappa shape index (κ2) is 7.25. The Morgan fingerprint density at radius 2 is 1.81 bits per heavy atom. The van der Waals surface area contributed by atoms with Crippen molar-refractivity contribution in [2.45, 2.75) is 76.5 Å². The smallest absolute Gasteiger partial charge is 0.0715 e. The van der Waals surface area contributed by atoms with Crippen molar-refractivity contribution in [3.63, 3.8) is 0 Å². The Bertz CT molecular complexity index is 181. The molecule has 0 amide bonds. The first-order valence-electron chi connectivity index (χ1n) is 6.75. The fraction of sp³-hybridized carbons (Fsp3) is 1.00. The van der Waals surface area contributed by atoms with Crippen molar-refractivity contribution in [2.24, 2.45) is 11.7 Å². The van der Waals surface area contributed by atoms with Gasteiger partial charge in [0.25, 0.3) is 0 Å². The summed E-state index contributed by atoms with van der Waals surface area (Å²) < 4.78 is 0. The van der Waals surface area contributed by atoms with Gasteiger partial charge in [-0.25, -0.2) is 0 Å². The van der Waals surface area contributed by atoms with Crippen molar-refractivity contribution in [3.05, 3.63) is 0 Å². The monoisotopic (exact) mass is 229 g/mol. The third-order valence-corrected chi connectivity index (χ3v) is 3.81. The summed E-state index contributed by atoms with van der Waals surface area (Å²) in [6, 6.07) is -0.163. The maximum atomic E-state index is 9.86. The quantitative estimate of drug-likeness (QED) is 0.650. The van der Waals surface area contributed by atoms with Crippen LogP contribution in [-0.4, -0.2) is 28.5 Å². The first kappa shape index (κ1) is 13.9. The summed E-state index contributed by atoms with van der Waals surface area (Å²) in [5.74, 6) is 0.692. The lowest BCUT2D eigenvalue weighted by atomic mass is 9.83. The summed E-state index contributed by atoms with van der Waals surface area (Å²) in [5.41, 5.74) is 5.99. The zero-order valence-corrected chi connectivity index (χ0v) is 10.4. The van der Waals surface area contributed by atoms with E-state index in [2.05, 4.69) is 0 Å². The summed E-state index contributed by atoms with van der Waals surface area (Å²) in [7, 11) is 0.